The van der Waals surface area contributed by atoms with E-state index in [9.17, 15) is 13.2 Å². The van der Waals surface area contributed by atoms with Gasteiger partial charge in [-0.05, 0) is 24.6 Å². The molecule has 1 unspecified atom stereocenters. The number of hydrogen-bond acceptors (Lipinski definition) is 4. The zero-order chi connectivity index (χ0) is 15.3. The Balaban J connectivity index is 3.25. The van der Waals surface area contributed by atoms with Gasteiger partial charge < -0.3 is 10.8 Å². The molecule has 0 saturated carbocycles. The minimum absolute atomic E-state index is 0.167. The smallest absolute Gasteiger partial charge is 0.337 e. The molecule has 1 rings (SSSR count). The Bertz CT molecular complexity index is 647. The molecule has 1 aromatic carbocycles. The number of benzene rings is 1. The minimum Gasteiger partial charge on any atom is -0.478 e. The molecule has 108 valence electrons. The molecule has 0 fully saturated rings. The lowest BCUT2D eigenvalue weighted by molar-refractivity contribution is 0.0692. The number of hydrogen-bond donors (Lipinski definition) is 3. The Kier molecular flexibility index (Phi) is 5.13. The molecule has 1 aromatic rings. The number of sulfonamides is 1. The Morgan fingerprint density at radius 1 is 1.55 bits per heavy atom. The highest BCUT2D eigenvalue weighted by atomic mass is 32.2. The van der Waals surface area contributed by atoms with Crippen molar-refractivity contribution in [3.63, 3.8) is 0 Å². The Morgan fingerprint density at radius 2 is 2.20 bits per heavy atom. The van der Waals surface area contributed by atoms with Crippen LogP contribution in [0, 0.1) is 12.3 Å². The van der Waals surface area contributed by atoms with Gasteiger partial charge in [0.05, 0.1) is 10.5 Å². The fourth-order valence-corrected chi connectivity index (χ4v) is 3.18. The van der Waals surface area contributed by atoms with Crippen molar-refractivity contribution in [2.45, 2.75) is 30.7 Å². The quantitative estimate of drug-likeness (QED) is 0.537. The zero-order valence-electron chi connectivity index (χ0n) is 11.0. The highest BCUT2D eigenvalue weighted by molar-refractivity contribution is 7.89. The number of nitrogens with one attached hydrogen (secondary N) is 1. The van der Waals surface area contributed by atoms with E-state index in [4.69, 9.17) is 17.3 Å². The number of carboxylic acid groups (broad SMARTS) is 1. The summed E-state index contributed by atoms with van der Waals surface area (Å²) >= 11 is 0. The highest BCUT2D eigenvalue weighted by Crippen LogP contribution is 2.20. The summed E-state index contributed by atoms with van der Waals surface area (Å²) in [4.78, 5) is 10.7. The molecule has 20 heavy (non-hydrogen) atoms. The summed E-state index contributed by atoms with van der Waals surface area (Å²) in [5.74, 6) is 1.04. The van der Waals surface area contributed by atoms with Crippen LogP contribution in [0.5, 0.6) is 0 Å². The van der Waals surface area contributed by atoms with E-state index in [0.717, 1.165) is 12.1 Å². The number of rotatable bonds is 6. The van der Waals surface area contributed by atoms with E-state index in [-0.39, 0.29) is 22.6 Å². The lowest BCUT2D eigenvalue weighted by atomic mass is 10.2. The first-order valence-electron chi connectivity index (χ1n) is 5.90. The van der Waals surface area contributed by atoms with Gasteiger partial charge in [-0.25, -0.2) is 17.9 Å². The second kappa shape index (κ2) is 6.41. The van der Waals surface area contributed by atoms with E-state index in [1.165, 1.54) is 6.07 Å². The summed E-state index contributed by atoms with van der Waals surface area (Å²) in [6.07, 6.45) is 5.88. The molecular formula is C13H16N2O4S. The average molecular weight is 296 g/mol. The maximum Gasteiger partial charge on any atom is 0.337 e. The Hall–Kier alpha value is -2.04. The van der Waals surface area contributed by atoms with Gasteiger partial charge in [-0.1, -0.05) is 6.92 Å². The summed E-state index contributed by atoms with van der Waals surface area (Å²) < 4.78 is 26.9. The Labute approximate surface area is 118 Å². The summed E-state index contributed by atoms with van der Waals surface area (Å²) in [6.45, 7) is 1.78. The fourth-order valence-electron chi connectivity index (χ4n) is 1.63. The summed E-state index contributed by atoms with van der Waals surface area (Å²) in [5.41, 5.74) is 5.36. The number of nitrogens with two attached hydrogens (primary N) is 1. The lowest BCUT2D eigenvalue weighted by Gasteiger charge is -2.16. The van der Waals surface area contributed by atoms with Gasteiger partial charge in [0.1, 0.15) is 0 Å². The summed E-state index contributed by atoms with van der Waals surface area (Å²) in [6, 6.07) is 3.16. The second-order valence-electron chi connectivity index (χ2n) is 4.20. The van der Waals surface area contributed by atoms with Crippen LogP contribution >= 0.6 is 0 Å². The molecule has 0 radical (unpaired) electrons. The van der Waals surface area contributed by atoms with Gasteiger partial charge >= 0.3 is 5.97 Å². The van der Waals surface area contributed by atoms with Crippen LogP contribution < -0.4 is 10.5 Å². The van der Waals surface area contributed by atoms with Crippen LogP contribution in [0.25, 0.3) is 0 Å². The van der Waals surface area contributed by atoms with Crippen molar-refractivity contribution < 1.29 is 18.3 Å². The van der Waals surface area contributed by atoms with E-state index in [2.05, 4.69) is 10.6 Å². The SMILES string of the molecule is C#CCC(CC)NS(=O)(=O)c1cc(N)ccc1C(=O)O. The molecule has 0 aromatic heterocycles. The van der Waals surface area contributed by atoms with Gasteiger partial charge in [-0.2, -0.15) is 0 Å². The first kappa shape index (κ1) is 16.0. The zero-order valence-corrected chi connectivity index (χ0v) is 11.8. The van der Waals surface area contributed by atoms with Gasteiger partial charge in [-0.3, -0.25) is 0 Å². The van der Waals surface area contributed by atoms with Crippen LogP contribution in [0.15, 0.2) is 23.1 Å². The lowest BCUT2D eigenvalue weighted by Crippen LogP contribution is -2.35. The van der Waals surface area contributed by atoms with Crippen molar-refractivity contribution in [2.75, 3.05) is 5.73 Å². The van der Waals surface area contributed by atoms with Crippen molar-refractivity contribution in [2.24, 2.45) is 0 Å². The summed E-state index contributed by atoms with van der Waals surface area (Å²) in [5, 5.41) is 9.05. The molecule has 0 aliphatic rings. The van der Waals surface area contributed by atoms with Gasteiger partial charge in [0.25, 0.3) is 0 Å². The van der Waals surface area contributed by atoms with E-state index in [1.807, 2.05) is 0 Å². The normalized spacial score (nSPS) is 12.6. The van der Waals surface area contributed by atoms with Crippen LogP contribution in [-0.4, -0.2) is 25.5 Å². The maximum atomic E-state index is 12.3. The van der Waals surface area contributed by atoms with Crippen molar-refractivity contribution in [1.82, 2.24) is 4.72 Å². The van der Waals surface area contributed by atoms with E-state index in [0.29, 0.717) is 6.42 Å². The largest absolute Gasteiger partial charge is 0.478 e. The molecule has 7 heteroatoms. The second-order valence-corrected chi connectivity index (χ2v) is 5.88. The van der Waals surface area contributed by atoms with Crippen molar-refractivity contribution in [3.05, 3.63) is 23.8 Å². The van der Waals surface area contributed by atoms with Gasteiger partial charge in [0.15, 0.2) is 0 Å². The molecule has 0 heterocycles. The molecule has 0 amide bonds. The van der Waals surface area contributed by atoms with Crippen LogP contribution in [0.4, 0.5) is 5.69 Å². The molecule has 4 N–H and O–H groups in total. The third kappa shape index (κ3) is 3.73. The highest BCUT2D eigenvalue weighted by Gasteiger charge is 2.24. The van der Waals surface area contributed by atoms with Crippen LogP contribution in [0.1, 0.15) is 30.1 Å². The van der Waals surface area contributed by atoms with Crippen molar-refractivity contribution in [1.29, 1.82) is 0 Å². The first-order chi connectivity index (χ1) is 9.31. The van der Waals surface area contributed by atoms with Gasteiger partial charge in [0, 0.05) is 18.2 Å². The fraction of sp³-hybridized carbons (Fsp3) is 0.308. The van der Waals surface area contributed by atoms with Crippen LogP contribution in [0.2, 0.25) is 0 Å². The maximum absolute atomic E-state index is 12.3. The standard InChI is InChI=1S/C13H16N2O4S/c1-3-5-10(4-2)15-20(18,19)12-8-9(14)6-7-11(12)13(16)17/h1,6-8,10,15H,4-5,14H2,2H3,(H,16,17). The number of nitrogen functional groups attached to an aromatic ring is 1. The number of aromatic carboxylic acids is 1. The topological polar surface area (TPSA) is 109 Å². The third-order valence-corrected chi connectivity index (χ3v) is 4.26. The molecule has 6 nitrogen and oxygen atoms in total. The molecule has 1 atom stereocenters. The monoisotopic (exact) mass is 296 g/mol. The predicted molar refractivity (Wildman–Crippen MR) is 75.7 cm³/mol. The minimum atomic E-state index is -4.00. The van der Waals surface area contributed by atoms with E-state index < -0.39 is 22.0 Å². The van der Waals surface area contributed by atoms with Crippen LogP contribution in [-0.2, 0) is 10.0 Å². The van der Waals surface area contributed by atoms with Crippen molar-refractivity contribution in [3.8, 4) is 12.3 Å². The molecule has 0 aliphatic carbocycles. The number of anilines is 1. The first-order valence-corrected chi connectivity index (χ1v) is 7.38. The van der Waals surface area contributed by atoms with Crippen molar-refractivity contribution >= 4 is 21.7 Å². The average Bonchev–Trinajstić information content (AvgIpc) is 2.37. The predicted octanol–water partition coefficient (Wildman–Crippen LogP) is 1.05. The molecular weight excluding hydrogens is 280 g/mol. The van der Waals surface area contributed by atoms with Gasteiger partial charge in [-0.15, -0.1) is 12.3 Å². The summed E-state index contributed by atoms with van der Waals surface area (Å²) in [7, 11) is -4.00. The van der Waals surface area contributed by atoms with E-state index in [1.54, 1.807) is 6.92 Å². The molecule has 0 bridgehead atoms. The number of carbonyl (C=O) groups is 1. The Morgan fingerprint density at radius 3 is 2.70 bits per heavy atom. The van der Waals surface area contributed by atoms with Gasteiger partial charge in [0.2, 0.25) is 10.0 Å². The van der Waals surface area contributed by atoms with E-state index >= 15 is 0 Å². The molecule has 0 saturated heterocycles. The number of carboxylic acids is 1. The molecule has 0 aliphatic heterocycles. The molecule has 0 spiro atoms. The third-order valence-electron chi connectivity index (χ3n) is 2.70. The number of terminal acetylenes is 1. The van der Waals surface area contributed by atoms with Crippen LogP contribution in [0.3, 0.4) is 0 Å².